The van der Waals surface area contributed by atoms with Crippen LogP contribution in [0.15, 0.2) is 18.2 Å². The highest BCUT2D eigenvalue weighted by molar-refractivity contribution is 7.80. The summed E-state index contributed by atoms with van der Waals surface area (Å²) in [5.41, 5.74) is 0.486. The molecular formula is C16H23NO6S. The number of rotatable bonds is 7. The van der Waals surface area contributed by atoms with Gasteiger partial charge in [-0.1, -0.05) is 6.07 Å². The van der Waals surface area contributed by atoms with E-state index in [1.54, 1.807) is 23.1 Å². The van der Waals surface area contributed by atoms with Gasteiger partial charge in [0.1, 0.15) is 6.10 Å². The van der Waals surface area contributed by atoms with Crippen LogP contribution in [-0.4, -0.2) is 72.9 Å². The van der Waals surface area contributed by atoms with E-state index in [4.69, 9.17) is 14.2 Å². The molecule has 2 unspecified atom stereocenters. The predicted octanol–water partition coefficient (Wildman–Crippen LogP) is 0.257. The average molecular weight is 357 g/mol. The minimum absolute atomic E-state index is 0.0997. The second-order valence-corrected chi connectivity index (χ2v) is 5.75. The number of aliphatic hydroxyl groups excluding tert-OH is 2. The fraction of sp³-hybridized carbons (Fsp3) is 0.562. The zero-order chi connectivity index (χ0) is 17.5. The summed E-state index contributed by atoms with van der Waals surface area (Å²) in [6.45, 7) is 2.10. The van der Waals surface area contributed by atoms with Gasteiger partial charge in [-0.05, 0) is 17.7 Å². The highest BCUT2D eigenvalue weighted by atomic mass is 32.1. The molecule has 0 radical (unpaired) electrons. The van der Waals surface area contributed by atoms with Gasteiger partial charge in [0.15, 0.2) is 18.1 Å². The Morgan fingerprint density at radius 1 is 1.33 bits per heavy atom. The summed E-state index contributed by atoms with van der Waals surface area (Å²) in [6, 6.07) is 4.80. The van der Waals surface area contributed by atoms with E-state index in [2.05, 4.69) is 12.6 Å². The Balaban J connectivity index is 2.00. The van der Waals surface area contributed by atoms with Crippen LogP contribution in [0.4, 0.5) is 0 Å². The third-order valence-corrected chi connectivity index (χ3v) is 4.17. The Morgan fingerprint density at radius 2 is 2.04 bits per heavy atom. The Kier molecular flexibility index (Phi) is 7.16. The van der Waals surface area contributed by atoms with E-state index in [9.17, 15) is 15.0 Å². The number of amides is 1. The molecule has 1 aliphatic rings. The van der Waals surface area contributed by atoms with Crippen molar-refractivity contribution in [1.82, 2.24) is 4.90 Å². The SMILES string of the molecule is COc1cc(C(O)C(O)CS)ccc1OCC(=O)N1CCOCC1. The van der Waals surface area contributed by atoms with Crippen LogP contribution in [0.2, 0.25) is 0 Å². The first-order valence-corrected chi connectivity index (χ1v) is 8.33. The third kappa shape index (κ3) is 4.76. The van der Waals surface area contributed by atoms with Crippen molar-refractivity contribution in [2.45, 2.75) is 12.2 Å². The number of aliphatic hydroxyl groups is 2. The number of benzene rings is 1. The lowest BCUT2D eigenvalue weighted by molar-refractivity contribution is -0.137. The Labute approximate surface area is 146 Å². The molecule has 0 aliphatic carbocycles. The third-order valence-electron chi connectivity index (χ3n) is 3.80. The van der Waals surface area contributed by atoms with Crippen molar-refractivity contribution in [3.8, 4) is 11.5 Å². The molecule has 7 nitrogen and oxygen atoms in total. The average Bonchev–Trinajstić information content (AvgIpc) is 2.65. The van der Waals surface area contributed by atoms with Crippen molar-refractivity contribution in [1.29, 1.82) is 0 Å². The number of nitrogens with zero attached hydrogens (tertiary/aromatic N) is 1. The van der Waals surface area contributed by atoms with Gasteiger partial charge in [-0.3, -0.25) is 4.79 Å². The molecule has 0 aromatic heterocycles. The van der Waals surface area contributed by atoms with Gasteiger partial charge in [0.05, 0.1) is 26.4 Å². The van der Waals surface area contributed by atoms with Gasteiger partial charge in [0.25, 0.3) is 5.91 Å². The lowest BCUT2D eigenvalue weighted by Gasteiger charge is -2.26. The minimum atomic E-state index is -1.07. The highest BCUT2D eigenvalue weighted by Crippen LogP contribution is 2.31. The van der Waals surface area contributed by atoms with Gasteiger partial charge in [-0.15, -0.1) is 0 Å². The standard InChI is InChI=1S/C16H23NO6S/c1-21-14-8-11(16(20)12(18)10-24)2-3-13(14)23-9-15(19)17-4-6-22-7-5-17/h2-3,8,12,16,18,20,24H,4-7,9-10H2,1H3. The number of hydrogen-bond acceptors (Lipinski definition) is 7. The van der Waals surface area contributed by atoms with E-state index in [1.807, 2.05) is 0 Å². The van der Waals surface area contributed by atoms with Gasteiger partial charge < -0.3 is 29.3 Å². The Bertz CT molecular complexity index is 549. The maximum absolute atomic E-state index is 12.1. The van der Waals surface area contributed by atoms with Crippen molar-refractivity contribution in [2.75, 3.05) is 45.8 Å². The number of ether oxygens (including phenoxy) is 3. The Morgan fingerprint density at radius 3 is 2.67 bits per heavy atom. The van der Waals surface area contributed by atoms with Gasteiger partial charge in [0, 0.05) is 18.8 Å². The number of methoxy groups -OCH3 is 1. The molecule has 1 aliphatic heterocycles. The molecule has 1 saturated heterocycles. The monoisotopic (exact) mass is 357 g/mol. The lowest BCUT2D eigenvalue weighted by Crippen LogP contribution is -2.43. The fourth-order valence-corrected chi connectivity index (χ4v) is 2.55. The van der Waals surface area contributed by atoms with E-state index in [-0.39, 0.29) is 18.3 Å². The zero-order valence-electron chi connectivity index (χ0n) is 13.6. The van der Waals surface area contributed by atoms with E-state index in [0.717, 1.165) is 0 Å². The van der Waals surface area contributed by atoms with Crippen molar-refractivity contribution in [3.05, 3.63) is 23.8 Å². The van der Waals surface area contributed by atoms with Crippen LogP contribution in [0.1, 0.15) is 11.7 Å². The van der Waals surface area contributed by atoms with Crippen molar-refractivity contribution >= 4 is 18.5 Å². The molecule has 1 aromatic rings. The molecule has 0 spiro atoms. The summed E-state index contributed by atoms with van der Waals surface area (Å²) in [7, 11) is 1.47. The van der Waals surface area contributed by atoms with Crippen LogP contribution in [-0.2, 0) is 9.53 Å². The maximum Gasteiger partial charge on any atom is 0.260 e. The van der Waals surface area contributed by atoms with Gasteiger partial charge >= 0.3 is 0 Å². The number of carbonyl (C=O) groups is 1. The smallest absolute Gasteiger partial charge is 0.260 e. The van der Waals surface area contributed by atoms with E-state index in [1.165, 1.54) is 7.11 Å². The summed E-state index contributed by atoms with van der Waals surface area (Å²) in [4.78, 5) is 13.8. The normalized spacial score (nSPS) is 17.2. The number of hydrogen-bond donors (Lipinski definition) is 3. The lowest BCUT2D eigenvalue weighted by atomic mass is 10.0. The molecule has 2 N–H and O–H groups in total. The summed E-state index contributed by atoms with van der Waals surface area (Å²) in [5, 5.41) is 19.7. The van der Waals surface area contributed by atoms with Crippen molar-refractivity contribution < 1.29 is 29.2 Å². The summed E-state index contributed by atoms with van der Waals surface area (Å²) in [6.07, 6.45) is -2.05. The molecule has 0 saturated carbocycles. The first-order valence-electron chi connectivity index (χ1n) is 7.70. The second-order valence-electron chi connectivity index (χ2n) is 5.39. The molecule has 134 valence electrons. The van der Waals surface area contributed by atoms with Crippen LogP contribution in [0, 0.1) is 0 Å². The maximum atomic E-state index is 12.1. The highest BCUT2D eigenvalue weighted by Gasteiger charge is 2.20. The molecule has 1 heterocycles. The molecule has 8 heteroatoms. The fourth-order valence-electron chi connectivity index (χ4n) is 2.35. The van der Waals surface area contributed by atoms with Gasteiger partial charge in [-0.2, -0.15) is 12.6 Å². The zero-order valence-corrected chi connectivity index (χ0v) is 14.4. The molecular weight excluding hydrogens is 334 g/mol. The van der Waals surface area contributed by atoms with E-state index >= 15 is 0 Å². The summed E-state index contributed by atoms with van der Waals surface area (Å²) >= 11 is 3.96. The van der Waals surface area contributed by atoms with Gasteiger partial charge in [0.2, 0.25) is 0 Å². The topological polar surface area (TPSA) is 88.5 Å². The van der Waals surface area contributed by atoms with Crippen LogP contribution < -0.4 is 9.47 Å². The van der Waals surface area contributed by atoms with Crippen LogP contribution in [0.5, 0.6) is 11.5 Å². The largest absolute Gasteiger partial charge is 0.493 e. The number of morpholine rings is 1. The van der Waals surface area contributed by atoms with Crippen LogP contribution in [0.25, 0.3) is 0 Å². The number of thiol groups is 1. The molecule has 1 fully saturated rings. The minimum Gasteiger partial charge on any atom is -0.493 e. The summed E-state index contributed by atoms with van der Waals surface area (Å²) in [5.74, 6) is 0.800. The first kappa shape index (κ1) is 18.9. The second kappa shape index (κ2) is 9.12. The van der Waals surface area contributed by atoms with E-state index < -0.39 is 12.2 Å². The molecule has 2 rings (SSSR count). The first-order chi connectivity index (χ1) is 11.6. The van der Waals surface area contributed by atoms with Gasteiger partial charge in [-0.25, -0.2) is 0 Å². The van der Waals surface area contributed by atoms with Crippen molar-refractivity contribution in [3.63, 3.8) is 0 Å². The predicted molar refractivity (Wildman–Crippen MR) is 90.7 cm³/mol. The molecule has 1 aromatic carbocycles. The molecule has 0 bridgehead atoms. The Hall–Kier alpha value is -1.48. The molecule has 24 heavy (non-hydrogen) atoms. The molecule has 1 amide bonds. The van der Waals surface area contributed by atoms with Crippen LogP contribution in [0.3, 0.4) is 0 Å². The quantitative estimate of drug-likeness (QED) is 0.607. The molecule has 2 atom stereocenters. The van der Waals surface area contributed by atoms with E-state index in [0.29, 0.717) is 43.4 Å². The summed E-state index contributed by atoms with van der Waals surface area (Å²) < 4.78 is 16.0. The van der Waals surface area contributed by atoms with Crippen LogP contribution >= 0.6 is 12.6 Å². The van der Waals surface area contributed by atoms with Crippen molar-refractivity contribution in [2.24, 2.45) is 0 Å². The number of carbonyl (C=O) groups excluding carboxylic acids is 1.